The Morgan fingerprint density at radius 3 is 1.89 bits per heavy atom. The Hall–Kier alpha value is 0.0500. The lowest BCUT2D eigenvalue weighted by atomic mass is 9.96. The van der Waals surface area contributed by atoms with Gasteiger partial charge in [0, 0.05) is 17.8 Å². The summed E-state index contributed by atoms with van der Waals surface area (Å²) in [7, 11) is 1.88. The standard InChI is InChI=1S/C17H30OS/c1-18-16-13-14-19-17(16)15-11-9-7-5-3-2-4-6-8-10-12-15/h16H,2-14H2,1H3/t16-/m0/s1. The molecule has 1 atom stereocenters. The smallest absolute Gasteiger partial charge is 0.0886 e. The molecule has 2 rings (SSSR count). The molecule has 0 aromatic carbocycles. The Labute approximate surface area is 123 Å². The molecule has 0 bridgehead atoms. The highest BCUT2D eigenvalue weighted by atomic mass is 32.2. The summed E-state index contributed by atoms with van der Waals surface area (Å²) < 4.78 is 5.67. The molecule has 1 aliphatic carbocycles. The maximum atomic E-state index is 5.67. The number of thioether (sulfide) groups is 1. The molecular weight excluding hydrogens is 252 g/mol. The molecule has 110 valence electrons. The molecule has 0 spiro atoms. The first kappa shape index (κ1) is 15.4. The van der Waals surface area contributed by atoms with Crippen molar-refractivity contribution in [2.75, 3.05) is 12.9 Å². The van der Waals surface area contributed by atoms with Gasteiger partial charge in [-0.3, -0.25) is 0 Å². The van der Waals surface area contributed by atoms with Crippen LogP contribution in [0.1, 0.15) is 77.0 Å². The SMILES string of the molecule is CO[C@H]1CCSC1=C1CCCCCCCCCCC1. The van der Waals surface area contributed by atoms with E-state index in [0.29, 0.717) is 6.10 Å². The van der Waals surface area contributed by atoms with Crippen molar-refractivity contribution in [1.29, 1.82) is 0 Å². The Kier molecular flexibility index (Phi) is 7.37. The van der Waals surface area contributed by atoms with Crippen molar-refractivity contribution >= 4 is 11.8 Å². The summed E-state index contributed by atoms with van der Waals surface area (Å²) in [6.07, 6.45) is 17.3. The first-order valence-electron chi connectivity index (χ1n) is 8.29. The highest BCUT2D eigenvalue weighted by molar-refractivity contribution is 8.03. The molecule has 1 saturated heterocycles. The molecule has 2 fully saturated rings. The second kappa shape index (κ2) is 9.07. The molecule has 0 aromatic rings. The van der Waals surface area contributed by atoms with Gasteiger partial charge in [-0.25, -0.2) is 0 Å². The Bertz CT molecular complexity index is 271. The van der Waals surface area contributed by atoms with Crippen LogP contribution in [0.5, 0.6) is 0 Å². The van der Waals surface area contributed by atoms with Crippen LogP contribution in [-0.4, -0.2) is 19.0 Å². The predicted octanol–water partition coefficient (Wildman–Crippen LogP) is 5.70. The van der Waals surface area contributed by atoms with Crippen LogP contribution in [0, 0.1) is 0 Å². The fourth-order valence-corrected chi connectivity index (χ4v) is 4.70. The maximum absolute atomic E-state index is 5.67. The zero-order chi connectivity index (χ0) is 13.3. The van der Waals surface area contributed by atoms with Crippen LogP contribution in [0.3, 0.4) is 0 Å². The average molecular weight is 282 g/mol. The van der Waals surface area contributed by atoms with Gasteiger partial charge in [-0.05, 0) is 32.1 Å². The molecular formula is C17H30OS. The summed E-state index contributed by atoms with van der Waals surface area (Å²) in [5.74, 6) is 1.26. The van der Waals surface area contributed by atoms with Gasteiger partial charge in [0.1, 0.15) is 0 Å². The molecule has 0 N–H and O–H groups in total. The first-order chi connectivity index (χ1) is 9.42. The summed E-state index contributed by atoms with van der Waals surface area (Å²) in [6, 6.07) is 0. The van der Waals surface area contributed by atoms with Crippen LogP contribution in [0.2, 0.25) is 0 Å². The van der Waals surface area contributed by atoms with E-state index in [1.54, 1.807) is 10.5 Å². The van der Waals surface area contributed by atoms with E-state index in [2.05, 4.69) is 11.8 Å². The molecule has 2 heteroatoms. The molecule has 1 heterocycles. The van der Waals surface area contributed by atoms with Gasteiger partial charge >= 0.3 is 0 Å². The van der Waals surface area contributed by atoms with E-state index in [0.717, 1.165) is 0 Å². The van der Waals surface area contributed by atoms with Crippen LogP contribution in [0.4, 0.5) is 0 Å². The fraction of sp³-hybridized carbons (Fsp3) is 0.882. The first-order valence-corrected chi connectivity index (χ1v) is 9.28. The van der Waals surface area contributed by atoms with Crippen molar-refractivity contribution < 1.29 is 4.74 Å². The Morgan fingerprint density at radius 1 is 0.842 bits per heavy atom. The largest absolute Gasteiger partial charge is 0.376 e. The van der Waals surface area contributed by atoms with Gasteiger partial charge in [-0.1, -0.05) is 50.5 Å². The van der Waals surface area contributed by atoms with Crippen LogP contribution in [0.15, 0.2) is 10.5 Å². The lowest BCUT2D eigenvalue weighted by Gasteiger charge is -2.17. The van der Waals surface area contributed by atoms with Crippen LogP contribution in [-0.2, 0) is 4.74 Å². The quantitative estimate of drug-likeness (QED) is 0.610. The second-order valence-corrected chi connectivity index (χ2v) is 7.15. The van der Waals surface area contributed by atoms with Gasteiger partial charge in [0.15, 0.2) is 0 Å². The zero-order valence-electron chi connectivity index (χ0n) is 12.6. The van der Waals surface area contributed by atoms with Gasteiger partial charge in [-0.15, -0.1) is 11.8 Å². The Morgan fingerprint density at radius 2 is 1.37 bits per heavy atom. The summed E-state index contributed by atoms with van der Waals surface area (Å²) in [6.45, 7) is 0. The molecule has 0 unspecified atom stereocenters. The van der Waals surface area contributed by atoms with Gasteiger partial charge in [0.05, 0.1) is 6.10 Å². The summed E-state index contributed by atoms with van der Waals surface area (Å²) in [4.78, 5) is 1.61. The van der Waals surface area contributed by atoms with Crippen LogP contribution in [0.25, 0.3) is 0 Å². The monoisotopic (exact) mass is 282 g/mol. The molecule has 1 nitrogen and oxygen atoms in total. The number of methoxy groups -OCH3 is 1. The lowest BCUT2D eigenvalue weighted by Crippen LogP contribution is -2.09. The number of rotatable bonds is 1. The van der Waals surface area contributed by atoms with E-state index in [4.69, 9.17) is 4.74 Å². The molecule has 0 radical (unpaired) electrons. The van der Waals surface area contributed by atoms with Crippen molar-refractivity contribution in [2.24, 2.45) is 0 Å². The van der Waals surface area contributed by atoms with Crippen LogP contribution < -0.4 is 0 Å². The van der Waals surface area contributed by atoms with Crippen LogP contribution >= 0.6 is 11.8 Å². The third-order valence-corrected chi connectivity index (χ3v) is 5.82. The Balaban J connectivity index is 1.95. The van der Waals surface area contributed by atoms with E-state index >= 15 is 0 Å². The predicted molar refractivity (Wildman–Crippen MR) is 85.7 cm³/mol. The number of hydrogen-bond acceptors (Lipinski definition) is 2. The summed E-state index contributed by atoms with van der Waals surface area (Å²) in [5, 5.41) is 0. The van der Waals surface area contributed by atoms with Gasteiger partial charge in [0.2, 0.25) is 0 Å². The highest BCUT2D eigenvalue weighted by Gasteiger charge is 2.24. The average Bonchev–Trinajstić information content (AvgIpc) is 2.87. The third kappa shape index (κ3) is 5.15. The number of allylic oxidation sites excluding steroid dienone is 1. The van der Waals surface area contributed by atoms with Gasteiger partial charge < -0.3 is 4.74 Å². The zero-order valence-corrected chi connectivity index (χ0v) is 13.4. The van der Waals surface area contributed by atoms with Crippen molar-refractivity contribution in [1.82, 2.24) is 0 Å². The third-order valence-electron chi connectivity index (χ3n) is 4.52. The minimum absolute atomic E-state index is 0.424. The van der Waals surface area contributed by atoms with Crippen molar-refractivity contribution in [3.8, 4) is 0 Å². The molecule has 0 amide bonds. The molecule has 19 heavy (non-hydrogen) atoms. The number of hydrogen-bond donors (Lipinski definition) is 0. The topological polar surface area (TPSA) is 9.23 Å². The van der Waals surface area contributed by atoms with E-state index in [1.807, 2.05) is 7.11 Å². The van der Waals surface area contributed by atoms with E-state index in [1.165, 1.54) is 82.8 Å². The van der Waals surface area contributed by atoms with Crippen molar-refractivity contribution in [3.05, 3.63) is 10.5 Å². The van der Waals surface area contributed by atoms with Crippen molar-refractivity contribution in [3.63, 3.8) is 0 Å². The second-order valence-electron chi connectivity index (χ2n) is 6.01. The summed E-state index contributed by atoms with van der Waals surface area (Å²) in [5.41, 5.74) is 1.75. The van der Waals surface area contributed by atoms with Gasteiger partial charge in [-0.2, -0.15) is 0 Å². The lowest BCUT2D eigenvalue weighted by molar-refractivity contribution is 0.138. The molecule has 1 aliphatic heterocycles. The highest BCUT2D eigenvalue weighted by Crippen LogP contribution is 2.38. The molecule has 0 aromatic heterocycles. The van der Waals surface area contributed by atoms with E-state index in [9.17, 15) is 0 Å². The van der Waals surface area contributed by atoms with Gasteiger partial charge in [0.25, 0.3) is 0 Å². The minimum atomic E-state index is 0.424. The minimum Gasteiger partial charge on any atom is -0.376 e. The van der Waals surface area contributed by atoms with E-state index < -0.39 is 0 Å². The molecule has 1 saturated carbocycles. The van der Waals surface area contributed by atoms with Crippen molar-refractivity contribution in [2.45, 2.75) is 83.2 Å². The molecule has 2 aliphatic rings. The van der Waals surface area contributed by atoms with E-state index in [-0.39, 0.29) is 0 Å². The number of ether oxygens (including phenoxy) is 1. The normalized spacial score (nSPS) is 27.9. The summed E-state index contributed by atoms with van der Waals surface area (Å²) >= 11 is 2.07. The maximum Gasteiger partial charge on any atom is 0.0886 e. The fourth-order valence-electron chi connectivity index (χ4n) is 3.34.